The van der Waals surface area contributed by atoms with Crippen LogP contribution < -0.4 is 0 Å². The Kier molecular flexibility index (Phi) is 4.96. The molecule has 2 atom stereocenters. The molecule has 1 saturated carbocycles. The summed E-state index contributed by atoms with van der Waals surface area (Å²) in [6.45, 7) is 6.65. The van der Waals surface area contributed by atoms with Gasteiger partial charge in [-0.3, -0.25) is 4.68 Å². The van der Waals surface area contributed by atoms with Crippen LogP contribution in [0.2, 0.25) is 0 Å². The van der Waals surface area contributed by atoms with Crippen molar-refractivity contribution in [3.63, 3.8) is 0 Å². The minimum Gasteiger partial charge on any atom is -0.389 e. The number of halogens is 1. The maximum atomic E-state index is 11.0. The maximum absolute atomic E-state index is 11.0. The van der Waals surface area contributed by atoms with Gasteiger partial charge in [-0.05, 0) is 53.4 Å². The monoisotopic (exact) mass is 342 g/mol. The minimum absolute atomic E-state index is 0.561. The predicted octanol–water partition coefficient (Wildman–Crippen LogP) is 3.86. The van der Waals surface area contributed by atoms with E-state index in [4.69, 9.17) is 0 Å². The van der Waals surface area contributed by atoms with Crippen LogP contribution >= 0.6 is 15.9 Å². The van der Waals surface area contributed by atoms with E-state index in [1.165, 1.54) is 6.42 Å². The molecule has 1 heterocycles. The van der Waals surface area contributed by atoms with Crippen molar-refractivity contribution in [2.24, 2.45) is 18.9 Å². The smallest absolute Gasteiger partial charge is 0.0766 e. The van der Waals surface area contributed by atoms with Crippen molar-refractivity contribution in [3.8, 4) is 0 Å². The molecule has 0 radical (unpaired) electrons. The minimum atomic E-state index is -0.561. The van der Waals surface area contributed by atoms with Crippen molar-refractivity contribution in [2.45, 2.75) is 64.9 Å². The van der Waals surface area contributed by atoms with Crippen molar-refractivity contribution >= 4 is 15.9 Å². The lowest BCUT2D eigenvalue weighted by Crippen LogP contribution is -2.39. The van der Waals surface area contributed by atoms with Gasteiger partial charge in [0.2, 0.25) is 0 Å². The Morgan fingerprint density at radius 3 is 2.75 bits per heavy atom. The number of nitrogens with zero attached hydrogens (tertiary/aromatic N) is 2. The summed E-state index contributed by atoms with van der Waals surface area (Å²) < 4.78 is 3.02. The quantitative estimate of drug-likeness (QED) is 0.901. The van der Waals surface area contributed by atoms with E-state index in [2.05, 4.69) is 41.8 Å². The summed E-state index contributed by atoms with van der Waals surface area (Å²) in [6, 6.07) is 0. The van der Waals surface area contributed by atoms with Crippen LogP contribution in [-0.4, -0.2) is 20.5 Å². The standard InChI is InChI=1S/C16H27BrN2O/c1-5-13-15(17)14(19(4)18-13)10-16(20)8-6-7-12(9-16)11(2)3/h11-12,20H,5-10H2,1-4H3. The molecular weight excluding hydrogens is 316 g/mol. The van der Waals surface area contributed by atoms with Crippen LogP contribution in [0.5, 0.6) is 0 Å². The van der Waals surface area contributed by atoms with E-state index in [0.29, 0.717) is 18.3 Å². The first-order chi connectivity index (χ1) is 9.36. The number of aryl methyl sites for hydroxylation is 2. The second-order valence-electron chi connectivity index (χ2n) is 6.69. The van der Waals surface area contributed by atoms with Gasteiger partial charge in [0.05, 0.1) is 21.5 Å². The van der Waals surface area contributed by atoms with Gasteiger partial charge in [0.25, 0.3) is 0 Å². The molecule has 114 valence electrons. The summed E-state index contributed by atoms with van der Waals surface area (Å²) in [4.78, 5) is 0. The number of rotatable bonds is 4. The Bertz CT molecular complexity index is 469. The van der Waals surface area contributed by atoms with Crippen molar-refractivity contribution in [3.05, 3.63) is 15.9 Å². The van der Waals surface area contributed by atoms with Crippen molar-refractivity contribution in [2.75, 3.05) is 0 Å². The first-order valence-electron chi connectivity index (χ1n) is 7.79. The van der Waals surface area contributed by atoms with Crippen LogP contribution in [0.4, 0.5) is 0 Å². The van der Waals surface area contributed by atoms with E-state index in [1.54, 1.807) is 0 Å². The maximum Gasteiger partial charge on any atom is 0.0766 e. The molecular formula is C16H27BrN2O. The molecule has 0 amide bonds. The highest BCUT2D eigenvalue weighted by Gasteiger charge is 2.37. The Morgan fingerprint density at radius 1 is 1.50 bits per heavy atom. The molecule has 0 spiro atoms. The molecule has 3 nitrogen and oxygen atoms in total. The molecule has 1 aromatic heterocycles. The second-order valence-corrected chi connectivity index (χ2v) is 7.48. The van der Waals surface area contributed by atoms with Crippen LogP contribution in [0.1, 0.15) is 57.8 Å². The van der Waals surface area contributed by atoms with Gasteiger partial charge in [-0.15, -0.1) is 0 Å². The lowest BCUT2D eigenvalue weighted by atomic mass is 9.72. The Hall–Kier alpha value is -0.350. The zero-order valence-electron chi connectivity index (χ0n) is 13.1. The fraction of sp³-hybridized carbons (Fsp3) is 0.812. The largest absolute Gasteiger partial charge is 0.389 e. The Morgan fingerprint density at radius 2 is 2.20 bits per heavy atom. The molecule has 2 unspecified atom stereocenters. The first-order valence-corrected chi connectivity index (χ1v) is 8.58. The molecule has 0 saturated heterocycles. The first kappa shape index (κ1) is 16.0. The molecule has 1 aliphatic carbocycles. The summed E-state index contributed by atoms with van der Waals surface area (Å²) in [7, 11) is 1.98. The average molecular weight is 343 g/mol. The lowest BCUT2D eigenvalue weighted by Gasteiger charge is -2.38. The van der Waals surface area contributed by atoms with Crippen LogP contribution in [0, 0.1) is 11.8 Å². The van der Waals surface area contributed by atoms with E-state index in [1.807, 2.05) is 11.7 Å². The molecule has 20 heavy (non-hydrogen) atoms. The van der Waals surface area contributed by atoms with Gasteiger partial charge in [-0.2, -0.15) is 5.10 Å². The molecule has 1 aliphatic rings. The fourth-order valence-corrected chi connectivity index (χ4v) is 4.20. The fourth-order valence-electron chi connectivity index (χ4n) is 3.44. The van der Waals surface area contributed by atoms with Gasteiger partial charge in [-0.25, -0.2) is 0 Å². The van der Waals surface area contributed by atoms with Crippen molar-refractivity contribution in [1.82, 2.24) is 9.78 Å². The topological polar surface area (TPSA) is 38.0 Å². The Balaban J connectivity index is 2.18. The molecule has 0 aliphatic heterocycles. The van der Waals surface area contributed by atoms with E-state index >= 15 is 0 Å². The molecule has 4 heteroatoms. The number of hydrogen-bond donors (Lipinski definition) is 1. The highest BCUT2D eigenvalue weighted by molar-refractivity contribution is 9.10. The van der Waals surface area contributed by atoms with Crippen LogP contribution in [0.15, 0.2) is 4.47 Å². The SMILES string of the molecule is CCc1nn(C)c(CC2(O)CCCC(C(C)C)C2)c1Br. The molecule has 2 rings (SSSR count). The van der Waals surface area contributed by atoms with Gasteiger partial charge < -0.3 is 5.11 Å². The lowest BCUT2D eigenvalue weighted by molar-refractivity contribution is -0.0253. The van der Waals surface area contributed by atoms with Gasteiger partial charge >= 0.3 is 0 Å². The van der Waals surface area contributed by atoms with E-state index in [0.717, 1.165) is 41.5 Å². The van der Waals surface area contributed by atoms with Crippen molar-refractivity contribution < 1.29 is 5.11 Å². The summed E-state index contributed by atoms with van der Waals surface area (Å²) in [5, 5.41) is 15.6. The number of aliphatic hydroxyl groups is 1. The molecule has 1 fully saturated rings. The number of aromatic nitrogens is 2. The molecule has 0 bridgehead atoms. The van der Waals surface area contributed by atoms with Crippen LogP contribution in [-0.2, 0) is 19.9 Å². The third kappa shape index (κ3) is 3.28. The second kappa shape index (κ2) is 6.18. The average Bonchev–Trinajstić information content (AvgIpc) is 2.66. The van der Waals surface area contributed by atoms with E-state index in [9.17, 15) is 5.11 Å². The molecule has 0 aromatic carbocycles. The normalized spacial score (nSPS) is 27.2. The van der Waals surface area contributed by atoms with Gasteiger partial charge in [-0.1, -0.05) is 27.2 Å². The highest BCUT2D eigenvalue weighted by Crippen LogP contribution is 2.39. The highest BCUT2D eigenvalue weighted by atomic mass is 79.9. The predicted molar refractivity (Wildman–Crippen MR) is 85.7 cm³/mol. The number of hydrogen-bond acceptors (Lipinski definition) is 2. The summed E-state index contributed by atoms with van der Waals surface area (Å²) >= 11 is 3.66. The Labute approximate surface area is 130 Å². The van der Waals surface area contributed by atoms with Crippen molar-refractivity contribution in [1.29, 1.82) is 0 Å². The van der Waals surface area contributed by atoms with Gasteiger partial charge in [0.15, 0.2) is 0 Å². The summed E-state index contributed by atoms with van der Waals surface area (Å²) in [5.41, 5.74) is 1.66. The van der Waals surface area contributed by atoms with Gasteiger partial charge in [0.1, 0.15) is 0 Å². The zero-order valence-corrected chi connectivity index (χ0v) is 14.7. The van der Waals surface area contributed by atoms with Crippen LogP contribution in [0.3, 0.4) is 0 Å². The zero-order chi connectivity index (χ0) is 14.9. The van der Waals surface area contributed by atoms with Crippen LogP contribution in [0.25, 0.3) is 0 Å². The molecule has 1 N–H and O–H groups in total. The third-order valence-corrected chi connectivity index (χ3v) is 5.72. The third-order valence-electron chi connectivity index (χ3n) is 4.80. The van der Waals surface area contributed by atoms with E-state index in [-0.39, 0.29) is 0 Å². The molecule has 1 aromatic rings. The van der Waals surface area contributed by atoms with E-state index < -0.39 is 5.60 Å². The summed E-state index contributed by atoms with van der Waals surface area (Å²) in [6.07, 6.45) is 5.85. The van der Waals surface area contributed by atoms with Gasteiger partial charge in [0, 0.05) is 13.5 Å². The summed E-state index contributed by atoms with van der Waals surface area (Å²) in [5.74, 6) is 1.30.